The molecule has 0 spiro atoms. The summed E-state index contributed by atoms with van der Waals surface area (Å²) in [6, 6.07) is 0. The monoisotopic (exact) mass is 162 g/mol. The number of aliphatic hydroxyl groups excluding tert-OH is 2. The molecular weight excluding hydrogens is 148 g/mol. The molecule has 0 saturated heterocycles. The van der Waals surface area contributed by atoms with Gasteiger partial charge in [-0.2, -0.15) is 0 Å². The third-order valence-electron chi connectivity index (χ3n) is 1.09. The molecule has 0 atom stereocenters. The second-order valence-electron chi connectivity index (χ2n) is 2.09. The van der Waals surface area contributed by atoms with Crippen LogP contribution in [0.25, 0.3) is 0 Å². The third kappa shape index (κ3) is 6.00. The van der Waals surface area contributed by atoms with Crippen molar-refractivity contribution in [3.8, 4) is 0 Å². The molecule has 0 bridgehead atoms. The Balaban J connectivity index is 3.13. The van der Waals surface area contributed by atoms with Gasteiger partial charge in [0.15, 0.2) is 0 Å². The zero-order valence-electron chi connectivity index (χ0n) is 6.40. The number of aliphatic hydroxyl groups is 2. The molecule has 0 aliphatic heterocycles. The lowest BCUT2D eigenvalue weighted by atomic mass is 10.2. The van der Waals surface area contributed by atoms with Gasteiger partial charge in [-0.25, -0.2) is 9.78 Å². The van der Waals surface area contributed by atoms with Crippen LogP contribution in [0.1, 0.15) is 0 Å². The SMILES string of the molecule is C=CCOOCC(CO)CO. The average molecular weight is 162 g/mol. The maximum absolute atomic E-state index is 8.57. The first-order valence-corrected chi connectivity index (χ1v) is 3.42. The second kappa shape index (κ2) is 7.68. The van der Waals surface area contributed by atoms with Gasteiger partial charge in [-0.15, -0.1) is 6.58 Å². The standard InChI is InChI=1S/C7H14O4/c1-2-3-10-11-6-7(4-8)5-9/h2,7-9H,1,3-6H2. The van der Waals surface area contributed by atoms with Crippen LogP contribution < -0.4 is 0 Å². The fraction of sp³-hybridized carbons (Fsp3) is 0.714. The van der Waals surface area contributed by atoms with E-state index in [0.717, 1.165) is 0 Å². The molecule has 4 heteroatoms. The van der Waals surface area contributed by atoms with Crippen molar-refractivity contribution in [1.82, 2.24) is 0 Å². The molecule has 0 radical (unpaired) electrons. The number of hydrogen-bond donors (Lipinski definition) is 2. The van der Waals surface area contributed by atoms with E-state index in [1.165, 1.54) is 0 Å². The Bertz CT molecular complexity index is 90.4. The van der Waals surface area contributed by atoms with Gasteiger partial charge in [0.25, 0.3) is 0 Å². The van der Waals surface area contributed by atoms with Crippen LogP contribution in [0.4, 0.5) is 0 Å². The highest BCUT2D eigenvalue weighted by atomic mass is 17.2. The lowest BCUT2D eigenvalue weighted by Crippen LogP contribution is -2.18. The van der Waals surface area contributed by atoms with Gasteiger partial charge in [0.2, 0.25) is 0 Å². The molecule has 0 heterocycles. The minimum atomic E-state index is -0.264. The highest BCUT2D eigenvalue weighted by Gasteiger charge is 2.05. The topological polar surface area (TPSA) is 58.9 Å². The molecule has 2 N–H and O–H groups in total. The lowest BCUT2D eigenvalue weighted by molar-refractivity contribution is -0.295. The van der Waals surface area contributed by atoms with E-state index in [2.05, 4.69) is 16.4 Å². The van der Waals surface area contributed by atoms with Crippen molar-refractivity contribution in [2.45, 2.75) is 0 Å². The first-order valence-electron chi connectivity index (χ1n) is 3.42. The predicted octanol–water partition coefficient (Wildman–Crippen LogP) is -0.279. The normalized spacial score (nSPS) is 10.5. The zero-order valence-corrected chi connectivity index (χ0v) is 6.40. The number of rotatable bonds is 7. The molecule has 0 saturated carbocycles. The summed E-state index contributed by atoms with van der Waals surface area (Å²) in [5.74, 6) is -0.264. The van der Waals surface area contributed by atoms with Gasteiger partial charge in [0.1, 0.15) is 6.61 Å². The van der Waals surface area contributed by atoms with E-state index in [4.69, 9.17) is 10.2 Å². The molecule has 0 aromatic heterocycles. The van der Waals surface area contributed by atoms with Gasteiger partial charge in [-0.1, -0.05) is 6.08 Å². The average Bonchev–Trinajstić information content (AvgIpc) is 2.05. The van der Waals surface area contributed by atoms with Crippen LogP contribution in [-0.4, -0.2) is 36.6 Å². The molecule has 4 nitrogen and oxygen atoms in total. The molecule has 0 fully saturated rings. The third-order valence-corrected chi connectivity index (χ3v) is 1.09. The van der Waals surface area contributed by atoms with Crippen molar-refractivity contribution in [1.29, 1.82) is 0 Å². The first kappa shape index (κ1) is 10.6. The van der Waals surface area contributed by atoms with Crippen LogP contribution in [0.5, 0.6) is 0 Å². The summed E-state index contributed by atoms with van der Waals surface area (Å²) in [6.45, 7) is 3.71. The maximum Gasteiger partial charge on any atom is 0.100 e. The van der Waals surface area contributed by atoms with E-state index in [0.29, 0.717) is 6.61 Å². The van der Waals surface area contributed by atoms with E-state index < -0.39 is 0 Å². The Morgan fingerprint density at radius 2 is 1.91 bits per heavy atom. The first-order chi connectivity index (χ1) is 5.35. The summed E-state index contributed by atoms with van der Waals surface area (Å²) in [5.41, 5.74) is 0. The fourth-order valence-corrected chi connectivity index (χ4v) is 0.404. The summed E-state index contributed by atoms with van der Waals surface area (Å²) >= 11 is 0. The summed E-state index contributed by atoms with van der Waals surface area (Å²) in [4.78, 5) is 9.20. The quantitative estimate of drug-likeness (QED) is 0.234. The van der Waals surface area contributed by atoms with Gasteiger partial charge in [-0.05, 0) is 0 Å². The van der Waals surface area contributed by atoms with Gasteiger partial charge < -0.3 is 10.2 Å². The van der Waals surface area contributed by atoms with Crippen molar-refractivity contribution in [3.63, 3.8) is 0 Å². The Labute approximate surface area is 66.0 Å². The van der Waals surface area contributed by atoms with Crippen LogP contribution in [0.15, 0.2) is 12.7 Å². The van der Waals surface area contributed by atoms with Crippen molar-refractivity contribution in [3.05, 3.63) is 12.7 Å². The van der Waals surface area contributed by atoms with Gasteiger partial charge >= 0.3 is 0 Å². The molecule has 0 aromatic carbocycles. The second-order valence-corrected chi connectivity index (χ2v) is 2.09. The molecule has 0 aliphatic carbocycles. The van der Waals surface area contributed by atoms with E-state index in [1.54, 1.807) is 6.08 Å². The largest absolute Gasteiger partial charge is 0.396 e. The Hall–Kier alpha value is -0.420. The van der Waals surface area contributed by atoms with Crippen molar-refractivity contribution in [2.75, 3.05) is 26.4 Å². The van der Waals surface area contributed by atoms with Crippen LogP contribution in [0.2, 0.25) is 0 Å². The smallest absolute Gasteiger partial charge is 0.100 e. The van der Waals surface area contributed by atoms with E-state index in [-0.39, 0.29) is 25.7 Å². The summed E-state index contributed by atoms with van der Waals surface area (Å²) in [7, 11) is 0. The Morgan fingerprint density at radius 1 is 1.27 bits per heavy atom. The van der Waals surface area contributed by atoms with Crippen LogP contribution in [0.3, 0.4) is 0 Å². The van der Waals surface area contributed by atoms with Gasteiger partial charge in [-0.3, -0.25) is 0 Å². The molecule has 0 amide bonds. The lowest BCUT2D eigenvalue weighted by Gasteiger charge is -2.08. The Morgan fingerprint density at radius 3 is 2.36 bits per heavy atom. The molecule has 66 valence electrons. The van der Waals surface area contributed by atoms with Crippen molar-refractivity contribution in [2.24, 2.45) is 5.92 Å². The van der Waals surface area contributed by atoms with E-state index in [9.17, 15) is 0 Å². The van der Waals surface area contributed by atoms with Crippen molar-refractivity contribution < 1.29 is 20.0 Å². The minimum absolute atomic E-state index is 0.103. The summed E-state index contributed by atoms with van der Waals surface area (Å²) in [5, 5.41) is 17.1. The van der Waals surface area contributed by atoms with E-state index in [1.807, 2.05) is 0 Å². The molecule has 11 heavy (non-hydrogen) atoms. The molecule has 0 aliphatic rings. The molecule has 0 aromatic rings. The highest BCUT2D eigenvalue weighted by Crippen LogP contribution is 1.94. The Kier molecular flexibility index (Phi) is 7.39. The zero-order chi connectivity index (χ0) is 8.53. The van der Waals surface area contributed by atoms with E-state index >= 15 is 0 Å². The predicted molar refractivity (Wildman–Crippen MR) is 39.8 cm³/mol. The maximum atomic E-state index is 8.57. The minimum Gasteiger partial charge on any atom is -0.396 e. The number of hydrogen-bond acceptors (Lipinski definition) is 4. The van der Waals surface area contributed by atoms with Gasteiger partial charge in [0.05, 0.1) is 19.8 Å². The molecular formula is C7H14O4. The van der Waals surface area contributed by atoms with Crippen LogP contribution >= 0.6 is 0 Å². The summed E-state index contributed by atoms with van der Waals surface area (Å²) in [6.07, 6.45) is 1.55. The van der Waals surface area contributed by atoms with Gasteiger partial charge in [0, 0.05) is 5.92 Å². The fourth-order valence-electron chi connectivity index (χ4n) is 0.404. The van der Waals surface area contributed by atoms with Crippen LogP contribution in [-0.2, 0) is 9.78 Å². The molecule has 0 rings (SSSR count). The van der Waals surface area contributed by atoms with Crippen molar-refractivity contribution >= 4 is 0 Å². The molecule has 0 unspecified atom stereocenters. The summed E-state index contributed by atoms with van der Waals surface area (Å²) < 4.78 is 0. The van der Waals surface area contributed by atoms with Crippen LogP contribution in [0, 0.1) is 5.92 Å². The highest BCUT2D eigenvalue weighted by molar-refractivity contribution is 4.62.